The highest BCUT2D eigenvalue weighted by Crippen LogP contribution is 2.24. The Bertz CT molecular complexity index is 353. The summed E-state index contributed by atoms with van der Waals surface area (Å²) >= 11 is 0. The molecule has 102 valence electrons. The second-order valence-corrected chi connectivity index (χ2v) is 4.28. The van der Waals surface area contributed by atoms with Gasteiger partial charge < -0.3 is 19.9 Å². The Kier molecular flexibility index (Phi) is 6.72. The van der Waals surface area contributed by atoms with Crippen LogP contribution in [0.1, 0.15) is 24.1 Å². The highest BCUT2D eigenvalue weighted by molar-refractivity contribution is 5.38. The van der Waals surface area contributed by atoms with E-state index in [2.05, 4.69) is 0 Å². The van der Waals surface area contributed by atoms with Crippen molar-refractivity contribution < 1.29 is 14.2 Å². The number of ether oxygens (including phenoxy) is 3. The maximum Gasteiger partial charge on any atom is 0.124 e. The smallest absolute Gasteiger partial charge is 0.124 e. The van der Waals surface area contributed by atoms with Crippen LogP contribution < -0.4 is 10.5 Å². The number of benzene rings is 1. The summed E-state index contributed by atoms with van der Waals surface area (Å²) in [4.78, 5) is 0. The Labute approximate surface area is 109 Å². The van der Waals surface area contributed by atoms with Gasteiger partial charge in [0.15, 0.2) is 0 Å². The first-order valence-electron chi connectivity index (χ1n) is 6.20. The first kappa shape index (κ1) is 15.0. The summed E-state index contributed by atoms with van der Waals surface area (Å²) < 4.78 is 15.9. The van der Waals surface area contributed by atoms with Crippen molar-refractivity contribution in [3.05, 3.63) is 29.3 Å². The van der Waals surface area contributed by atoms with E-state index in [1.807, 2.05) is 32.0 Å². The monoisotopic (exact) mass is 253 g/mol. The van der Waals surface area contributed by atoms with Gasteiger partial charge in [0.25, 0.3) is 0 Å². The first-order valence-corrected chi connectivity index (χ1v) is 6.20. The molecule has 0 aliphatic carbocycles. The summed E-state index contributed by atoms with van der Waals surface area (Å²) in [6.45, 7) is 6.26. The third-order valence-corrected chi connectivity index (χ3v) is 2.58. The highest BCUT2D eigenvalue weighted by Gasteiger charge is 2.08. The summed E-state index contributed by atoms with van der Waals surface area (Å²) in [5.74, 6) is 0.848. The van der Waals surface area contributed by atoms with E-state index in [1.54, 1.807) is 7.11 Å². The Morgan fingerprint density at radius 2 is 1.89 bits per heavy atom. The molecule has 0 unspecified atom stereocenters. The predicted octanol–water partition coefficient (Wildman–Crippen LogP) is 2.06. The van der Waals surface area contributed by atoms with Crippen molar-refractivity contribution in [1.82, 2.24) is 0 Å². The van der Waals surface area contributed by atoms with E-state index in [1.165, 1.54) is 0 Å². The molecule has 0 radical (unpaired) electrons. The lowest BCUT2D eigenvalue weighted by molar-refractivity contribution is 0.0542. The summed E-state index contributed by atoms with van der Waals surface area (Å²) in [5, 5.41) is 0. The second kappa shape index (κ2) is 8.08. The average Bonchev–Trinajstić information content (AvgIpc) is 2.33. The molecular weight excluding hydrogens is 230 g/mol. The van der Waals surface area contributed by atoms with Crippen molar-refractivity contribution in [2.75, 3.05) is 33.5 Å². The SMILES string of the molecule is COCCOCCOc1cc(C)ccc1[C@H](C)N. The molecule has 4 nitrogen and oxygen atoms in total. The topological polar surface area (TPSA) is 53.7 Å². The molecular formula is C14H23NO3. The van der Waals surface area contributed by atoms with Crippen LogP contribution in [0, 0.1) is 6.92 Å². The first-order chi connectivity index (χ1) is 8.65. The third kappa shape index (κ3) is 5.04. The normalized spacial score (nSPS) is 12.4. The summed E-state index contributed by atoms with van der Waals surface area (Å²) in [6.07, 6.45) is 0. The van der Waals surface area contributed by atoms with Crippen molar-refractivity contribution >= 4 is 0 Å². The van der Waals surface area contributed by atoms with Crippen LogP contribution in [-0.4, -0.2) is 33.5 Å². The van der Waals surface area contributed by atoms with Gasteiger partial charge >= 0.3 is 0 Å². The minimum atomic E-state index is -0.0324. The largest absolute Gasteiger partial charge is 0.491 e. The Balaban J connectivity index is 2.43. The number of hydrogen-bond acceptors (Lipinski definition) is 4. The molecule has 0 aliphatic rings. The molecule has 0 fully saturated rings. The molecule has 1 rings (SSSR count). The highest BCUT2D eigenvalue weighted by atomic mass is 16.5. The van der Waals surface area contributed by atoms with Crippen LogP contribution >= 0.6 is 0 Å². The number of aryl methyl sites for hydroxylation is 1. The fourth-order valence-corrected chi connectivity index (χ4v) is 1.60. The summed E-state index contributed by atoms with van der Waals surface area (Å²) in [7, 11) is 1.65. The van der Waals surface area contributed by atoms with Gasteiger partial charge in [0.1, 0.15) is 12.4 Å². The number of hydrogen-bond donors (Lipinski definition) is 1. The lowest BCUT2D eigenvalue weighted by Gasteiger charge is -2.14. The van der Waals surface area contributed by atoms with Gasteiger partial charge in [0.05, 0.1) is 19.8 Å². The van der Waals surface area contributed by atoms with E-state index >= 15 is 0 Å². The van der Waals surface area contributed by atoms with Gasteiger partial charge in [0, 0.05) is 18.7 Å². The van der Waals surface area contributed by atoms with Crippen molar-refractivity contribution in [2.45, 2.75) is 19.9 Å². The number of methoxy groups -OCH3 is 1. The number of nitrogens with two attached hydrogens (primary N) is 1. The molecule has 1 aromatic carbocycles. The lowest BCUT2D eigenvalue weighted by Crippen LogP contribution is -2.13. The molecule has 0 saturated heterocycles. The van der Waals surface area contributed by atoms with Crippen LogP contribution in [0.4, 0.5) is 0 Å². The third-order valence-electron chi connectivity index (χ3n) is 2.58. The van der Waals surface area contributed by atoms with Crippen molar-refractivity contribution in [1.29, 1.82) is 0 Å². The Morgan fingerprint density at radius 3 is 2.56 bits per heavy atom. The zero-order valence-electron chi connectivity index (χ0n) is 11.4. The van der Waals surface area contributed by atoms with Crippen molar-refractivity contribution in [3.8, 4) is 5.75 Å². The number of rotatable bonds is 8. The fraction of sp³-hybridized carbons (Fsp3) is 0.571. The molecule has 2 N–H and O–H groups in total. The summed E-state index contributed by atoms with van der Waals surface area (Å²) in [6, 6.07) is 6.03. The van der Waals surface area contributed by atoms with Crippen LogP contribution in [0.25, 0.3) is 0 Å². The minimum Gasteiger partial charge on any atom is -0.491 e. The Morgan fingerprint density at radius 1 is 1.17 bits per heavy atom. The molecule has 1 atom stereocenters. The van der Waals surface area contributed by atoms with Crippen LogP contribution in [0.3, 0.4) is 0 Å². The van der Waals surface area contributed by atoms with Gasteiger partial charge in [0.2, 0.25) is 0 Å². The molecule has 0 bridgehead atoms. The zero-order valence-corrected chi connectivity index (χ0v) is 11.4. The quantitative estimate of drug-likeness (QED) is 0.720. The maximum absolute atomic E-state index is 5.91. The lowest BCUT2D eigenvalue weighted by atomic mass is 10.1. The van der Waals surface area contributed by atoms with Crippen molar-refractivity contribution in [3.63, 3.8) is 0 Å². The molecule has 18 heavy (non-hydrogen) atoms. The van der Waals surface area contributed by atoms with Gasteiger partial charge in [-0.3, -0.25) is 0 Å². The molecule has 4 heteroatoms. The average molecular weight is 253 g/mol. The molecule has 0 saturated carbocycles. The van der Waals surface area contributed by atoms with E-state index in [4.69, 9.17) is 19.9 Å². The van der Waals surface area contributed by atoms with E-state index in [-0.39, 0.29) is 6.04 Å². The zero-order chi connectivity index (χ0) is 13.4. The van der Waals surface area contributed by atoms with Crippen LogP contribution in [0.5, 0.6) is 5.75 Å². The van der Waals surface area contributed by atoms with Gasteiger partial charge in [-0.2, -0.15) is 0 Å². The van der Waals surface area contributed by atoms with E-state index in [0.717, 1.165) is 16.9 Å². The van der Waals surface area contributed by atoms with E-state index in [0.29, 0.717) is 26.4 Å². The van der Waals surface area contributed by atoms with Crippen LogP contribution in [0.2, 0.25) is 0 Å². The van der Waals surface area contributed by atoms with E-state index in [9.17, 15) is 0 Å². The molecule has 1 aromatic rings. The fourth-order valence-electron chi connectivity index (χ4n) is 1.60. The molecule has 0 heterocycles. The molecule has 0 aliphatic heterocycles. The molecule has 0 amide bonds. The van der Waals surface area contributed by atoms with Gasteiger partial charge in [-0.15, -0.1) is 0 Å². The van der Waals surface area contributed by atoms with Crippen molar-refractivity contribution in [2.24, 2.45) is 5.73 Å². The summed E-state index contributed by atoms with van der Waals surface area (Å²) in [5.41, 5.74) is 8.09. The van der Waals surface area contributed by atoms with Gasteiger partial charge in [-0.05, 0) is 25.5 Å². The predicted molar refractivity (Wildman–Crippen MR) is 72.0 cm³/mol. The maximum atomic E-state index is 5.91. The minimum absolute atomic E-state index is 0.0324. The standard InChI is InChI=1S/C14H23NO3/c1-11-4-5-13(12(2)15)14(10-11)18-9-8-17-7-6-16-3/h4-5,10,12H,6-9,15H2,1-3H3/t12-/m0/s1. The second-order valence-electron chi connectivity index (χ2n) is 4.28. The molecule has 0 spiro atoms. The van der Waals surface area contributed by atoms with E-state index < -0.39 is 0 Å². The Hall–Kier alpha value is -1.10. The van der Waals surface area contributed by atoms with Gasteiger partial charge in [-0.25, -0.2) is 0 Å². The van der Waals surface area contributed by atoms with Crippen LogP contribution in [0.15, 0.2) is 18.2 Å². The van der Waals surface area contributed by atoms with Gasteiger partial charge in [-0.1, -0.05) is 12.1 Å². The molecule has 0 aromatic heterocycles. The van der Waals surface area contributed by atoms with Crippen LogP contribution in [-0.2, 0) is 9.47 Å².